The van der Waals surface area contributed by atoms with Gasteiger partial charge in [0.25, 0.3) is 0 Å². The van der Waals surface area contributed by atoms with Crippen molar-refractivity contribution >= 4 is 15.9 Å². The molecule has 0 aliphatic rings. The first-order valence-corrected chi connectivity index (χ1v) is 6.66. The molecule has 0 saturated heterocycles. The molecule has 18 heavy (non-hydrogen) atoms. The van der Waals surface area contributed by atoms with Crippen LogP contribution in [-0.4, -0.2) is 46.6 Å². The summed E-state index contributed by atoms with van der Waals surface area (Å²) < 4.78 is 16.9. The van der Waals surface area contributed by atoms with E-state index in [9.17, 15) is 0 Å². The van der Waals surface area contributed by atoms with Crippen molar-refractivity contribution in [1.29, 1.82) is 0 Å². The van der Waals surface area contributed by atoms with Crippen molar-refractivity contribution in [2.45, 2.75) is 6.10 Å². The molecule has 0 fully saturated rings. The maximum Gasteiger partial charge on any atom is 0.120 e. The summed E-state index contributed by atoms with van der Waals surface area (Å²) in [5, 5.41) is 3.26. The Morgan fingerprint density at radius 1 is 1.33 bits per heavy atom. The quantitative estimate of drug-likeness (QED) is 0.708. The van der Waals surface area contributed by atoms with Crippen molar-refractivity contribution in [3.05, 3.63) is 28.7 Å². The van der Waals surface area contributed by atoms with Gasteiger partial charge in [0.2, 0.25) is 0 Å². The lowest BCUT2D eigenvalue weighted by Crippen LogP contribution is -2.34. The summed E-state index contributed by atoms with van der Waals surface area (Å²) in [6, 6.07) is 7.81. The Morgan fingerprint density at radius 2 is 2.17 bits per heavy atom. The zero-order valence-corrected chi connectivity index (χ0v) is 12.4. The Hall–Kier alpha value is -0.620. The van der Waals surface area contributed by atoms with Crippen LogP contribution in [0.2, 0.25) is 0 Å². The number of methoxy groups -OCH3 is 2. The monoisotopic (exact) mass is 317 g/mol. The second-order valence-electron chi connectivity index (χ2n) is 3.82. The van der Waals surface area contributed by atoms with E-state index in [4.69, 9.17) is 14.2 Å². The summed E-state index contributed by atoms with van der Waals surface area (Å²) >= 11 is 3.40. The molecule has 1 N–H and O–H groups in total. The Morgan fingerprint density at radius 3 is 2.83 bits per heavy atom. The van der Waals surface area contributed by atoms with Gasteiger partial charge in [-0.1, -0.05) is 22.0 Å². The van der Waals surface area contributed by atoms with Crippen molar-refractivity contribution in [3.63, 3.8) is 0 Å². The topological polar surface area (TPSA) is 39.7 Å². The van der Waals surface area contributed by atoms with E-state index in [1.54, 1.807) is 14.2 Å². The van der Waals surface area contributed by atoms with Crippen LogP contribution in [0.3, 0.4) is 0 Å². The minimum Gasteiger partial charge on any atom is -0.492 e. The van der Waals surface area contributed by atoms with E-state index in [2.05, 4.69) is 21.2 Å². The lowest BCUT2D eigenvalue weighted by molar-refractivity contribution is 0.0286. The molecule has 0 radical (unpaired) electrons. The highest BCUT2D eigenvalue weighted by Crippen LogP contribution is 2.17. The molecule has 0 aromatic heterocycles. The fourth-order valence-corrected chi connectivity index (χ4v) is 1.84. The molecule has 4 nitrogen and oxygen atoms in total. The van der Waals surface area contributed by atoms with Gasteiger partial charge in [0.15, 0.2) is 0 Å². The number of halogens is 1. The van der Waals surface area contributed by atoms with E-state index in [1.807, 2.05) is 24.3 Å². The molecule has 0 spiro atoms. The van der Waals surface area contributed by atoms with Gasteiger partial charge in [-0.2, -0.15) is 0 Å². The molecule has 0 aliphatic heterocycles. The van der Waals surface area contributed by atoms with Crippen LogP contribution in [0.5, 0.6) is 5.75 Å². The third kappa shape index (κ3) is 6.35. The molecule has 0 saturated carbocycles. The minimum absolute atomic E-state index is 0.0841. The standard InChI is InChI=1S/C13H20BrNO3/c1-16-10-13(17-2)9-15-6-7-18-12-5-3-4-11(14)8-12/h3-5,8,13,15H,6-7,9-10H2,1-2H3. The molecular formula is C13H20BrNO3. The van der Waals surface area contributed by atoms with E-state index >= 15 is 0 Å². The summed E-state index contributed by atoms with van der Waals surface area (Å²) in [7, 11) is 3.35. The van der Waals surface area contributed by atoms with Gasteiger partial charge >= 0.3 is 0 Å². The zero-order valence-electron chi connectivity index (χ0n) is 10.8. The molecular weight excluding hydrogens is 298 g/mol. The van der Waals surface area contributed by atoms with Gasteiger partial charge < -0.3 is 19.5 Å². The molecule has 102 valence electrons. The van der Waals surface area contributed by atoms with Crippen LogP contribution >= 0.6 is 15.9 Å². The Kier molecular flexibility index (Phi) is 8.00. The van der Waals surface area contributed by atoms with Crippen molar-refractivity contribution in [2.24, 2.45) is 0 Å². The zero-order chi connectivity index (χ0) is 13.2. The molecule has 1 atom stereocenters. The van der Waals surface area contributed by atoms with E-state index in [1.165, 1.54) is 0 Å². The average molecular weight is 318 g/mol. The highest BCUT2D eigenvalue weighted by Gasteiger charge is 2.05. The first-order valence-electron chi connectivity index (χ1n) is 5.87. The van der Waals surface area contributed by atoms with Crippen LogP contribution in [-0.2, 0) is 9.47 Å². The van der Waals surface area contributed by atoms with Crippen molar-refractivity contribution in [2.75, 3.05) is 40.5 Å². The fourth-order valence-electron chi connectivity index (χ4n) is 1.46. The predicted molar refractivity (Wildman–Crippen MR) is 75.2 cm³/mol. The predicted octanol–water partition coefficient (Wildman–Crippen LogP) is 2.08. The Balaban J connectivity index is 2.11. The lowest BCUT2D eigenvalue weighted by Gasteiger charge is -2.15. The molecule has 1 aromatic carbocycles. The SMILES string of the molecule is COCC(CNCCOc1cccc(Br)c1)OC. The molecule has 0 bridgehead atoms. The van der Waals surface area contributed by atoms with Gasteiger partial charge in [-0.25, -0.2) is 0 Å². The third-order valence-corrected chi connectivity index (χ3v) is 2.89. The van der Waals surface area contributed by atoms with Crippen molar-refractivity contribution < 1.29 is 14.2 Å². The summed E-state index contributed by atoms with van der Waals surface area (Å²) in [4.78, 5) is 0. The number of hydrogen-bond donors (Lipinski definition) is 1. The maximum atomic E-state index is 5.60. The molecule has 1 rings (SSSR count). The Bertz CT molecular complexity index is 336. The van der Waals surface area contributed by atoms with Crippen LogP contribution < -0.4 is 10.1 Å². The van der Waals surface area contributed by atoms with Crippen molar-refractivity contribution in [1.82, 2.24) is 5.32 Å². The molecule has 1 unspecified atom stereocenters. The summed E-state index contributed by atoms with van der Waals surface area (Å²) in [5.74, 6) is 0.867. The second kappa shape index (κ2) is 9.33. The smallest absolute Gasteiger partial charge is 0.120 e. The Labute approximate surface area is 117 Å². The number of ether oxygens (including phenoxy) is 3. The fraction of sp³-hybridized carbons (Fsp3) is 0.538. The van der Waals surface area contributed by atoms with Gasteiger partial charge in [0, 0.05) is 31.8 Å². The van der Waals surface area contributed by atoms with Gasteiger partial charge in [-0.15, -0.1) is 0 Å². The van der Waals surface area contributed by atoms with Crippen LogP contribution in [0, 0.1) is 0 Å². The van der Waals surface area contributed by atoms with Gasteiger partial charge in [-0.05, 0) is 18.2 Å². The average Bonchev–Trinajstić information content (AvgIpc) is 2.37. The second-order valence-corrected chi connectivity index (χ2v) is 4.74. The molecule has 5 heteroatoms. The van der Waals surface area contributed by atoms with Gasteiger partial charge in [0.1, 0.15) is 12.4 Å². The van der Waals surface area contributed by atoms with E-state index in [-0.39, 0.29) is 6.10 Å². The highest BCUT2D eigenvalue weighted by molar-refractivity contribution is 9.10. The highest BCUT2D eigenvalue weighted by atomic mass is 79.9. The van der Waals surface area contributed by atoms with Gasteiger partial charge in [-0.3, -0.25) is 0 Å². The van der Waals surface area contributed by atoms with Crippen LogP contribution in [0.1, 0.15) is 0 Å². The van der Waals surface area contributed by atoms with Crippen LogP contribution in [0.25, 0.3) is 0 Å². The molecule has 0 heterocycles. The lowest BCUT2D eigenvalue weighted by atomic mass is 10.3. The van der Waals surface area contributed by atoms with E-state index in [0.29, 0.717) is 13.2 Å². The molecule has 1 aromatic rings. The molecule has 0 aliphatic carbocycles. The third-order valence-electron chi connectivity index (χ3n) is 2.40. The normalized spacial score (nSPS) is 12.4. The largest absolute Gasteiger partial charge is 0.492 e. The van der Waals surface area contributed by atoms with E-state index < -0.39 is 0 Å². The minimum atomic E-state index is 0.0841. The van der Waals surface area contributed by atoms with E-state index in [0.717, 1.165) is 23.3 Å². The van der Waals surface area contributed by atoms with Gasteiger partial charge in [0.05, 0.1) is 12.7 Å². The first-order chi connectivity index (χ1) is 8.76. The summed E-state index contributed by atoms with van der Waals surface area (Å²) in [6.07, 6.45) is 0.0841. The van der Waals surface area contributed by atoms with Crippen LogP contribution in [0.4, 0.5) is 0 Å². The summed E-state index contributed by atoms with van der Waals surface area (Å²) in [5.41, 5.74) is 0. The first kappa shape index (κ1) is 15.4. The maximum absolute atomic E-state index is 5.60. The number of hydrogen-bond acceptors (Lipinski definition) is 4. The van der Waals surface area contributed by atoms with Crippen LogP contribution in [0.15, 0.2) is 28.7 Å². The number of rotatable bonds is 9. The summed E-state index contributed by atoms with van der Waals surface area (Å²) in [6.45, 7) is 2.75. The molecule has 0 amide bonds. The van der Waals surface area contributed by atoms with Crippen molar-refractivity contribution in [3.8, 4) is 5.75 Å². The number of benzene rings is 1. The number of nitrogens with one attached hydrogen (secondary N) is 1.